The third-order valence-corrected chi connectivity index (χ3v) is 8.15. The molecule has 5 aromatic rings. The number of nitrogens with zero attached hydrogens (tertiary/aromatic N) is 2. The van der Waals surface area contributed by atoms with Crippen LogP contribution in [0.25, 0.3) is 22.0 Å². The van der Waals surface area contributed by atoms with Gasteiger partial charge in [-0.25, -0.2) is 27.5 Å². The van der Waals surface area contributed by atoms with Crippen molar-refractivity contribution in [1.82, 2.24) is 14.7 Å². The van der Waals surface area contributed by atoms with Crippen molar-refractivity contribution in [1.29, 1.82) is 0 Å². The van der Waals surface area contributed by atoms with Gasteiger partial charge in [0.2, 0.25) is 10.0 Å². The van der Waals surface area contributed by atoms with Gasteiger partial charge in [-0.3, -0.25) is 0 Å². The second-order valence-corrected chi connectivity index (χ2v) is 12.6. The van der Waals surface area contributed by atoms with Gasteiger partial charge in [0.25, 0.3) is 0 Å². The molecule has 7 nitrogen and oxygen atoms in total. The predicted molar refractivity (Wildman–Crippen MR) is 161 cm³/mol. The molecule has 0 saturated heterocycles. The third-order valence-electron chi connectivity index (χ3n) is 6.04. The fourth-order valence-electron chi connectivity index (χ4n) is 4.34. The molecule has 5 rings (SSSR count). The van der Waals surface area contributed by atoms with Gasteiger partial charge in [0.15, 0.2) is 0 Å². The summed E-state index contributed by atoms with van der Waals surface area (Å²) in [5, 5.41) is 4.35. The van der Waals surface area contributed by atoms with E-state index >= 15 is 0 Å². The number of aromatic nitrogens is 2. The van der Waals surface area contributed by atoms with Crippen molar-refractivity contribution >= 4 is 44.0 Å². The zero-order valence-electron chi connectivity index (χ0n) is 22.7. The van der Waals surface area contributed by atoms with E-state index < -0.39 is 15.6 Å². The standard InChI is InChI=1S/C31H28ClFN4O3S/c1-31(2,3)37-41(38,39)29-10-5-4-9-24(29)21-11-13-27-25(16-21)30(35-19-34-27)36-23-12-14-28(26(32)17-23)40-18-20-7-6-8-22(33)15-20/h4-17,19,37H,18H2,1-3H3,(H,34,35,36). The number of rotatable bonds is 8. The molecule has 0 spiro atoms. The van der Waals surface area contributed by atoms with Gasteiger partial charge in [0, 0.05) is 22.2 Å². The minimum absolute atomic E-state index is 0.173. The van der Waals surface area contributed by atoms with E-state index in [0.717, 1.165) is 0 Å². The quantitative estimate of drug-likeness (QED) is 0.194. The number of fused-ring (bicyclic) bond motifs is 1. The summed E-state index contributed by atoms with van der Waals surface area (Å²) < 4.78 is 48.4. The van der Waals surface area contributed by atoms with Crippen LogP contribution >= 0.6 is 11.6 Å². The Morgan fingerprint density at radius 2 is 1.73 bits per heavy atom. The minimum atomic E-state index is -3.78. The Morgan fingerprint density at radius 1 is 0.927 bits per heavy atom. The van der Waals surface area contributed by atoms with Crippen LogP contribution in [0.3, 0.4) is 0 Å². The molecular formula is C31H28ClFN4O3S. The Morgan fingerprint density at radius 3 is 2.49 bits per heavy atom. The molecule has 1 heterocycles. The van der Waals surface area contributed by atoms with Crippen LogP contribution in [0, 0.1) is 5.82 Å². The van der Waals surface area contributed by atoms with Crippen molar-refractivity contribution in [2.45, 2.75) is 37.8 Å². The van der Waals surface area contributed by atoms with Crippen molar-refractivity contribution in [2.75, 3.05) is 5.32 Å². The number of anilines is 2. The van der Waals surface area contributed by atoms with Crippen LogP contribution in [-0.2, 0) is 16.6 Å². The molecule has 0 bridgehead atoms. The molecule has 4 aromatic carbocycles. The summed E-state index contributed by atoms with van der Waals surface area (Å²) in [5.41, 5.74) is 2.65. The van der Waals surface area contributed by atoms with Gasteiger partial charge >= 0.3 is 0 Å². The fraction of sp³-hybridized carbons (Fsp3) is 0.161. The van der Waals surface area contributed by atoms with Gasteiger partial charge in [-0.2, -0.15) is 0 Å². The molecule has 41 heavy (non-hydrogen) atoms. The molecule has 0 saturated carbocycles. The summed E-state index contributed by atoms with van der Waals surface area (Å²) in [6.07, 6.45) is 1.45. The van der Waals surface area contributed by atoms with E-state index in [0.29, 0.717) is 49.9 Å². The van der Waals surface area contributed by atoms with Crippen LogP contribution in [0.1, 0.15) is 26.3 Å². The van der Waals surface area contributed by atoms with Crippen molar-refractivity contribution < 1.29 is 17.5 Å². The van der Waals surface area contributed by atoms with Gasteiger partial charge in [0.1, 0.15) is 30.3 Å². The lowest BCUT2D eigenvalue weighted by molar-refractivity contribution is 0.306. The Bertz CT molecular complexity index is 1840. The molecular weight excluding hydrogens is 563 g/mol. The van der Waals surface area contributed by atoms with Crippen LogP contribution in [-0.4, -0.2) is 23.9 Å². The van der Waals surface area contributed by atoms with E-state index in [2.05, 4.69) is 20.0 Å². The van der Waals surface area contributed by atoms with E-state index in [4.69, 9.17) is 16.3 Å². The predicted octanol–water partition coefficient (Wildman–Crippen LogP) is 7.49. The molecule has 0 aliphatic carbocycles. The SMILES string of the molecule is CC(C)(C)NS(=O)(=O)c1ccccc1-c1ccc2ncnc(Nc3ccc(OCc4cccc(F)c4)c(Cl)c3)c2c1. The first-order valence-corrected chi connectivity index (χ1v) is 14.7. The average molecular weight is 591 g/mol. The van der Waals surface area contributed by atoms with E-state index in [9.17, 15) is 12.8 Å². The zero-order valence-corrected chi connectivity index (χ0v) is 24.2. The number of hydrogen-bond acceptors (Lipinski definition) is 6. The van der Waals surface area contributed by atoms with Crippen LogP contribution in [0.4, 0.5) is 15.9 Å². The largest absolute Gasteiger partial charge is 0.487 e. The number of benzene rings is 4. The minimum Gasteiger partial charge on any atom is -0.487 e. The van der Waals surface area contributed by atoms with Gasteiger partial charge in [-0.05, 0) is 80.4 Å². The maximum absolute atomic E-state index is 13.5. The van der Waals surface area contributed by atoms with E-state index in [-0.39, 0.29) is 17.3 Å². The Labute approximate surface area is 243 Å². The molecule has 0 atom stereocenters. The van der Waals surface area contributed by atoms with Gasteiger partial charge < -0.3 is 10.1 Å². The highest BCUT2D eigenvalue weighted by atomic mass is 35.5. The Hall–Kier alpha value is -4.05. The number of nitrogens with one attached hydrogen (secondary N) is 2. The first-order valence-electron chi connectivity index (χ1n) is 12.8. The first-order chi connectivity index (χ1) is 19.5. The van der Waals surface area contributed by atoms with E-state index in [1.165, 1.54) is 18.5 Å². The lowest BCUT2D eigenvalue weighted by Crippen LogP contribution is -2.40. The summed E-state index contributed by atoms with van der Waals surface area (Å²) in [5.74, 6) is 0.649. The van der Waals surface area contributed by atoms with E-state index in [1.807, 2.05) is 18.2 Å². The molecule has 0 aliphatic heterocycles. The highest BCUT2D eigenvalue weighted by molar-refractivity contribution is 7.89. The summed E-state index contributed by atoms with van der Waals surface area (Å²) in [6, 6.07) is 23.8. The second kappa shape index (κ2) is 11.4. The highest BCUT2D eigenvalue weighted by Gasteiger charge is 2.25. The Balaban J connectivity index is 1.44. The van der Waals surface area contributed by atoms with Crippen molar-refractivity contribution in [3.63, 3.8) is 0 Å². The molecule has 0 amide bonds. The van der Waals surface area contributed by atoms with Crippen molar-refractivity contribution in [3.8, 4) is 16.9 Å². The maximum Gasteiger partial charge on any atom is 0.241 e. The van der Waals surface area contributed by atoms with E-state index in [1.54, 1.807) is 75.4 Å². The molecule has 0 unspecified atom stereocenters. The highest BCUT2D eigenvalue weighted by Crippen LogP contribution is 2.34. The third kappa shape index (κ3) is 6.82. The maximum atomic E-state index is 13.5. The number of ether oxygens (including phenoxy) is 1. The summed E-state index contributed by atoms with van der Waals surface area (Å²) >= 11 is 6.49. The molecule has 210 valence electrons. The molecule has 0 aliphatic rings. The lowest BCUT2D eigenvalue weighted by Gasteiger charge is -2.21. The molecule has 2 N–H and O–H groups in total. The summed E-state index contributed by atoms with van der Waals surface area (Å²) in [4.78, 5) is 8.99. The van der Waals surface area contributed by atoms with Gasteiger partial charge in [-0.1, -0.05) is 48.0 Å². The summed E-state index contributed by atoms with van der Waals surface area (Å²) in [7, 11) is -3.78. The van der Waals surface area contributed by atoms with Gasteiger partial charge in [-0.15, -0.1) is 0 Å². The van der Waals surface area contributed by atoms with Gasteiger partial charge in [0.05, 0.1) is 15.4 Å². The molecule has 0 radical (unpaired) electrons. The average Bonchev–Trinajstić information content (AvgIpc) is 2.91. The summed E-state index contributed by atoms with van der Waals surface area (Å²) in [6.45, 7) is 5.57. The first kappa shape index (κ1) is 28.5. The number of halogens is 2. The fourth-order valence-corrected chi connectivity index (χ4v) is 6.23. The smallest absolute Gasteiger partial charge is 0.241 e. The number of hydrogen-bond donors (Lipinski definition) is 2. The lowest BCUT2D eigenvalue weighted by atomic mass is 10.0. The number of sulfonamides is 1. The Kier molecular flexibility index (Phi) is 7.95. The molecule has 0 fully saturated rings. The van der Waals surface area contributed by atoms with Crippen molar-refractivity contribution in [3.05, 3.63) is 108 Å². The molecule has 1 aromatic heterocycles. The van der Waals surface area contributed by atoms with Crippen LogP contribution in [0.2, 0.25) is 5.02 Å². The zero-order chi connectivity index (χ0) is 29.2. The van der Waals surface area contributed by atoms with Crippen LogP contribution in [0.15, 0.2) is 96.2 Å². The monoisotopic (exact) mass is 590 g/mol. The molecule has 10 heteroatoms. The van der Waals surface area contributed by atoms with Crippen LogP contribution < -0.4 is 14.8 Å². The normalized spacial score (nSPS) is 11.9. The van der Waals surface area contributed by atoms with Crippen molar-refractivity contribution in [2.24, 2.45) is 0 Å². The second-order valence-electron chi connectivity index (χ2n) is 10.5. The topological polar surface area (TPSA) is 93.2 Å². The van der Waals surface area contributed by atoms with Crippen LogP contribution in [0.5, 0.6) is 5.75 Å².